The fraction of sp³-hybridized carbons (Fsp3) is 0.938. The molecule has 0 heterocycles. The van der Waals surface area contributed by atoms with Gasteiger partial charge in [-0.1, -0.05) is 42.6 Å². The van der Waals surface area contributed by atoms with Crippen LogP contribution in [-0.2, 0) is 4.79 Å². The van der Waals surface area contributed by atoms with E-state index < -0.39 is 0 Å². The molecule has 0 bridgehead atoms. The Morgan fingerprint density at radius 3 is 2.21 bits per heavy atom. The first kappa shape index (κ1) is 17.0. The first-order valence-electron chi connectivity index (χ1n) is 7.80. The van der Waals surface area contributed by atoms with E-state index in [0.717, 1.165) is 37.6 Å². The van der Waals surface area contributed by atoms with E-state index in [4.69, 9.17) is 0 Å². The molecule has 3 heteroatoms. The van der Waals surface area contributed by atoms with E-state index in [9.17, 15) is 4.79 Å². The van der Waals surface area contributed by atoms with Crippen LogP contribution in [0.25, 0.3) is 0 Å². The predicted octanol–water partition coefficient (Wildman–Crippen LogP) is 4.61. The Labute approximate surface area is 127 Å². The Balaban J connectivity index is 2.84. The van der Waals surface area contributed by atoms with Gasteiger partial charge in [0.2, 0.25) is 5.91 Å². The van der Waals surface area contributed by atoms with Gasteiger partial charge in [-0.3, -0.25) is 4.79 Å². The maximum atomic E-state index is 13.1. The second kappa shape index (κ2) is 7.66. The lowest BCUT2D eigenvalue weighted by atomic mass is 9.77. The highest BCUT2D eigenvalue weighted by molar-refractivity contribution is 9.09. The molecule has 2 nitrogen and oxygen atoms in total. The average molecular weight is 332 g/mol. The van der Waals surface area contributed by atoms with E-state index in [2.05, 4.69) is 48.5 Å². The van der Waals surface area contributed by atoms with Crippen LogP contribution in [0.5, 0.6) is 0 Å². The van der Waals surface area contributed by atoms with Crippen LogP contribution < -0.4 is 0 Å². The molecule has 0 aromatic carbocycles. The monoisotopic (exact) mass is 331 g/mol. The topological polar surface area (TPSA) is 20.3 Å². The van der Waals surface area contributed by atoms with Crippen LogP contribution in [0.1, 0.15) is 66.2 Å². The van der Waals surface area contributed by atoms with E-state index in [1.54, 1.807) is 0 Å². The van der Waals surface area contributed by atoms with Gasteiger partial charge in [0.25, 0.3) is 0 Å². The van der Waals surface area contributed by atoms with Gasteiger partial charge < -0.3 is 4.90 Å². The highest BCUT2D eigenvalue weighted by atomic mass is 79.9. The van der Waals surface area contributed by atoms with Crippen LogP contribution in [0.2, 0.25) is 0 Å². The van der Waals surface area contributed by atoms with Crippen molar-refractivity contribution in [2.24, 2.45) is 11.3 Å². The molecular formula is C16H30BrNO. The minimum absolute atomic E-state index is 0.0508. The molecule has 1 rings (SSSR count). The first-order chi connectivity index (χ1) is 8.93. The molecule has 112 valence electrons. The number of rotatable bonds is 7. The van der Waals surface area contributed by atoms with Crippen LogP contribution >= 0.6 is 15.9 Å². The van der Waals surface area contributed by atoms with Crippen molar-refractivity contribution in [3.8, 4) is 0 Å². The number of nitrogens with zero attached hydrogens (tertiary/aromatic N) is 1. The fourth-order valence-corrected chi connectivity index (χ4v) is 3.72. The summed E-state index contributed by atoms with van der Waals surface area (Å²) in [6.45, 7) is 9.66. The number of alkyl halides is 1. The molecule has 0 radical (unpaired) electrons. The summed E-state index contributed by atoms with van der Waals surface area (Å²) in [5.41, 5.74) is -0.0508. The van der Waals surface area contributed by atoms with Crippen LogP contribution in [0.3, 0.4) is 0 Å². The summed E-state index contributed by atoms with van der Waals surface area (Å²) in [6.07, 6.45) is 6.75. The van der Waals surface area contributed by atoms with Crippen molar-refractivity contribution in [1.29, 1.82) is 0 Å². The molecule has 1 aliphatic rings. The standard InChI is InChI=1S/C16H30BrNO/c1-13(2)12-16(8-5-6-9-16)15(19)18(14(3)4)11-7-10-17/h13-14H,5-12H2,1-4H3. The SMILES string of the molecule is CC(C)CC1(C(=O)N(CCCBr)C(C)C)CCCC1. The zero-order valence-corrected chi connectivity index (χ0v) is 14.6. The van der Waals surface area contributed by atoms with Gasteiger partial charge >= 0.3 is 0 Å². The quantitative estimate of drug-likeness (QED) is 0.623. The van der Waals surface area contributed by atoms with E-state index in [1.807, 2.05) is 0 Å². The van der Waals surface area contributed by atoms with E-state index >= 15 is 0 Å². The van der Waals surface area contributed by atoms with Crippen LogP contribution in [0.15, 0.2) is 0 Å². The number of halogens is 1. The molecule has 1 aliphatic carbocycles. The molecular weight excluding hydrogens is 302 g/mol. The number of carbonyl (C=O) groups is 1. The number of carbonyl (C=O) groups excluding carboxylic acids is 1. The predicted molar refractivity (Wildman–Crippen MR) is 85.6 cm³/mol. The Morgan fingerprint density at radius 1 is 1.21 bits per heavy atom. The third-order valence-corrected chi connectivity index (χ3v) is 4.79. The lowest BCUT2D eigenvalue weighted by Crippen LogP contribution is -2.47. The van der Waals surface area contributed by atoms with Gasteiger partial charge in [0.15, 0.2) is 0 Å². The van der Waals surface area contributed by atoms with Gasteiger partial charge in [-0.15, -0.1) is 0 Å². The zero-order chi connectivity index (χ0) is 14.5. The summed E-state index contributed by atoms with van der Waals surface area (Å²) in [7, 11) is 0. The Morgan fingerprint density at radius 2 is 1.79 bits per heavy atom. The molecule has 0 atom stereocenters. The summed E-state index contributed by atoms with van der Waals surface area (Å²) < 4.78 is 0. The largest absolute Gasteiger partial charge is 0.340 e. The number of hydrogen-bond donors (Lipinski definition) is 0. The molecule has 0 aliphatic heterocycles. The average Bonchev–Trinajstić information content (AvgIpc) is 2.77. The van der Waals surface area contributed by atoms with Crippen LogP contribution in [0.4, 0.5) is 0 Å². The minimum atomic E-state index is -0.0508. The van der Waals surface area contributed by atoms with Crippen molar-refractivity contribution >= 4 is 21.8 Å². The highest BCUT2D eigenvalue weighted by Crippen LogP contribution is 2.45. The molecule has 0 spiro atoms. The first-order valence-corrected chi connectivity index (χ1v) is 8.92. The van der Waals surface area contributed by atoms with Gasteiger partial charge in [-0.2, -0.15) is 0 Å². The van der Waals surface area contributed by atoms with Gasteiger partial charge in [0.05, 0.1) is 0 Å². The second-order valence-corrected chi connectivity index (χ2v) is 7.51. The van der Waals surface area contributed by atoms with Crippen molar-refractivity contribution in [3.05, 3.63) is 0 Å². The molecule has 0 unspecified atom stereocenters. The van der Waals surface area contributed by atoms with Crippen molar-refractivity contribution in [2.45, 2.75) is 72.3 Å². The summed E-state index contributed by atoms with van der Waals surface area (Å²) in [4.78, 5) is 15.2. The third-order valence-electron chi connectivity index (χ3n) is 4.23. The lowest BCUT2D eigenvalue weighted by Gasteiger charge is -2.37. The third kappa shape index (κ3) is 4.47. The summed E-state index contributed by atoms with van der Waals surface area (Å²) in [6, 6.07) is 0.316. The summed E-state index contributed by atoms with van der Waals surface area (Å²) >= 11 is 3.48. The zero-order valence-electron chi connectivity index (χ0n) is 13.0. The molecule has 0 aromatic rings. The van der Waals surface area contributed by atoms with Crippen molar-refractivity contribution < 1.29 is 4.79 Å². The van der Waals surface area contributed by atoms with Crippen LogP contribution in [-0.4, -0.2) is 28.7 Å². The molecule has 1 amide bonds. The minimum Gasteiger partial charge on any atom is -0.340 e. The van der Waals surface area contributed by atoms with Gasteiger partial charge in [-0.05, 0) is 45.4 Å². The van der Waals surface area contributed by atoms with Gasteiger partial charge in [-0.25, -0.2) is 0 Å². The molecule has 0 aromatic heterocycles. The summed E-state index contributed by atoms with van der Waals surface area (Å²) in [5, 5.41) is 0.973. The van der Waals surface area contributed by atoms with Crippen molar-refractivity contribution in [2.75, 3.05) is 11.9 Å². The lowest BCUT2D eigenvalue weighted by molar-refractivity contribution is -0.144. The molecule has 0 saturated heterocycles. The van der Waals surface area contributed by atoms with Gasteiger partial charge in [0.1, 0.15) is 0 Å². The molecule has 1 fully saturated rings. The van der Waals surface area contributed by atoms with E-state index in [-0.39, 0.29) is 5.41 Å². The molecule has 19 heavy (non-hydrogen) atoms. The van der Waals surface area contributed by atoms with E-state index in [0.29, 0.717) is 17.9 Å². The smallest absolute Gasteiger partial charge is 0.229 e. The Bertz CT molecular complexity index is 282. The Hall–Kier alpha value is -0.0500. The maximum absolute atomic E-state index is 13.1. The maximum Gasteiger partial charge on any atom is 0.229 e. The molecule has 0 N–H and O–H groups in total. The second-order valence-electron chi connectivity index (χ2n) is 6.72. The van der Waals surface area contributed by atoms with Crippen molar-refractivity contribution in [3.63, 3.8) is 0 Å². The Kier molecular flexibility index (Phi) is 6.85. The van der Waals surface area contributed by atoms with Gasteiger partial charge in [0, 0.05) is 23.3 Å². The number of amides is 1. The summed E-state index contributed by atoms with van der Waals surface area (Å²) in [5.74, 6) is 1.03. The van der Waals surface area contributed by atoms with Crippen molar-refractivity contribution in [1.82, 2.24) is 4.90 Å². The highest BCUT2D eigenvalue weighted by Gasteiger charge is 2.43. The normalized spacial score (nSPS) is 18.3. The van der Waals surface area contributed by atoms with Crippen LogP contribution in [0, 0.1) is 11.3 Å². The fourth-order valence-electron chi connectivity index (χ4n) is 3.47. The van der Waals surface area contributed by atoms with E-state index in [1.165, 1.54) is 12.8 Å². The molecule has 1 saturated carbocycles. The number of hydrogen-bond acceptors (Lipinski definition) is 1.